The van der Waals surface area contributed by atoms with E-state index in [1.807, 2.05) is 0 Å². The molecule has 1 atom stereocenters. The summed E-state index contributed by atoms with van der Waals surface area (Å²) in [6.45, 7) is 3.02. The molecular weight excluding hydrogens is 311 g/mol. The van der Waals surface area contributed by atoms with Gasteiger partial charge in [-0.1, -0.05) is 13.0 Å². The van der Waals surface area contributed by atoms with E-state index >= 15 is 0 Å². The van der Waals surface area contributed by atoms with E-state index in [0.29, 0.717) is 4.47 Å². The maximum Gasteiger partial charge on any atom is 0.137 e. The first-order valence-electron chi connectivity index (χ1n) is 6.23. The number of H-pyrrole nitrogens is 1. The van der Waals surface area contributed by atoms with Crippen LogP contribution < -0.4 is 5.32 Å². The monoisotopic (exact) mass is 326 g/mol. The van der Waals surface area contributed by atoms with Crippen LogP contribution in [0.4, 0.5) is 4.39 Å². The second-order valence-corrected chi connectivity index (χ2v) is 5.21. The van der Waals surface area contributed by atoms with Gasteiger partial charge in [0, 0.05) is 0 Å². The highest BCUT2D eigenvalue weighted by molar-refractivity contribution is 9.10. The van der Waals surface area contributed by atoms with Crippen molar-refractivity contribution >= 4 is 15.9 Å². The van der Waals surface area contributed by atoms with Gasteiger partial charge in [0.05, 0.1) is 22.4 Å². The van der Waals surface area contributed by atoms with Gasteiger partial charge in [-0.25, -0.2) is 4.39 Å². The summed E-state index contributed by atoms with van der Waals surface area (Å²) < 4.78 is 13.7. The molecule has 2 rings (SSSR count). The molecule has 2 N–H and O–H groups in total. The van der Waals surface area contributed by atoms with Crippen LogP contribution in [-0.4, -0.2) is 22.0 Å². The molecular formula is C13H16BrFN4. The number of nitrogens with one attached hydrogen (secondary N) is 2. The van der Waals surface area contributed by atoms with Gasteiger partial charge in [-0.05, 0) is 53.0 Å². The highest BCUT2D eigenvalue weighted by Gasteiger charge is 2.14. The highest BCUT2D eigenvalue weighted by atomic mass is 79.9. The number of hydrogen-bond donors (Lipinski definition) is 2. The van der Waals surface area contributed by atoms with E-state index in [1.165, 1.54) is 6.07 Å². The van der Waals surface area contributed by atoms with Gasteiger partial charge in [0.2, 0.25) is 0 Å². The van der Waals surface area contributed by atoms with Crippen LogP contribution in [0.2, 0.25) is 0 Å². The molecule has 0 bridgehead atoms. The van der Waals surface area contributed by atoms with Crippen molar-refractivity contribution in [2.24, 2.45) is 0 Å². The zero-order chi connectivity index (χ0) is 13.7. The second kappa shape index (κ2) is 6.77. The normalized spacial score (nSPS) is 12.6. The average Bonchev–Trinajstić information content (AvgIpc) is 2.92. The van der Waals surface area contributed by atoms with Crippen molar-refractivity contribution in [1.82, 2.24) is 20.7 Å². The second-order valence-electron chi connectivity index (χ2n) is 4.35. The molecule has 1 aromatic carbocycles. The lowest BCUT2D eigenvalue weighted by atomic mass is 10.0. The minimum Gasteiger partial charge on any atom is -0.308 e. The Morgan fingerprint density at radius 1 is 1.47 bits per heavy atom. The van der Waals surface area contributed by atoms with Gasteiger partial charge in [-0.15, -0.1) is 0 Å². The summed E-state index contributed by atoms with van der Waals surface area (Å²) in [6.07, 6.45) is 3.50. The molecule has 0 amide bonds. The highest BCUT2D eigenvalue weighted by Crippen LogP contribution is 2.21. The maximum atomic E-state index is 13.2. The first-order valence-corrected chi connectivity index (χ1v) is 7.03. The van der Waals surface area contributed by atoms with E-state index in [9.17, 15) is 4.39 Å². The molecule has 102 valence electrons. The molecule has 0 fully saturated rings. The van der Waals surface area contributed by atoms with Crippen molar-refractivity contribution < 1.29 is 4.39 Å². The first kappa shape index (κ1) is 14.1. The van der Waals surface area contributed by atoms with Crippen LogP contribution in [0.1, 0.15) is 30.6 Å². The van der Waals surface area contributed by atoms with Crippen molar-refractivity contribution in [2.45, 2.75) is 25.8 Å². The fraction of sp³-hybridized carbons (Fsp3) is 0.385. The molecule has 4 nitrogen and oxygen atoms in total. The zero-order valence-corrected chi connectivity index (χ0v) is 12.2. The SMILES string of the molecule is CCCNC(Cc1ccc(F)c(Br)c1)c1cn[nH]n1. The lowest BCUT2D eigenvalue weighted by molar-refractivity contribution is 0.516. The number of benzene rings is 1. The molecule has 0 radical (unpaired) electrons. The fourth-order valence-electron chi connectivity index (χ4n) is 1.88. The van der Waals surface area contributed by atoms with E-state index in [1.54, 1.807) is 18.3 Å². The summed E-state index contributed by atoms with van der Waals surface area (Å²) in [7, 11) is 0. The Hall–Kier alpha value is -1.27. The Labute approximate surface area is 119 Å². The van der Waals surface area contributed by atoms with E-state index in [4.69, 9.17) is 0 Å². The van der Waals surface area contributed by atoms with Crippen LogP contribution in [0.5, 0.6) is 0 Å². The molecule has 1 heterocycles. The molecule has 1 unspecified atom stereocenters. The van der Waals surface area contributed by atoms with Crippen LogP contribution in [0.25, 0.3) is 0 Å². The van der Waals surface area contributed by atoms with Gasteiger partial charge in [-0.3, -0.25) is 0 Å². The molecule has 0 aliphatic rings. The number of nitrogens with zero attached hydrogens (tertiary/aromatic N) is 2. The van der Waals surface area contributed by atoms with Gasteiger partial charge in [0.1, 0.15) is 5.82 Å². The van der Waals surface area contributed by atoms with Crippen LogP contribution in [0.3, 0.4) is 0 Å². The van der Waals surface area contributed by atoms with Crippen molar-refractivity contribution in [3.8, 4) is 0 Å². The lowest BCUT2D eigenvalue weighted by Crippen LogP contribution is -2.24. The molecule has 0 aliphatic heterocycles. The van der Waals surface area contributed by atoms with Gasteiger partial charge in [0.15, 0.2) is 0 Å². The Bertz CT molecular complexity index is 515. The van der Waals surface area contributed by atoms with Crippen molar-refractivity contribution in [3.05, 3.63) is 45.9 Å². The predicted octanol–water partition coefficient (Wildman–Crippen LogP) is 2.99. The Balaban J connectivity index is 2.13. The minimum absolute atomic E-state index is 0.0797. The van der Waals surface area contributed by atoms with Crippen LogP contribution in [0, 0.1) is 5.82 Å². The van der Waals surface area contributed by atoms with E-state index in [0.717, 1.165) is 30.6 Å². The number of aromatic nitrogens is 3. The average molecular weight is 327 g/mol. The fourth-order valence-corrected chi connectivity index (χ4v) is 2.31. The maximum absolute atomic E-state index is 13.2. The third-order valence-corrected chi connectivity index (χ3v) is 3.46. The summed E-state index contributed by atoms with van der Waals surface area (Å²) in [4.78, 5) is 0. The number of aromatic amines is 1. The van der Waals surface area contributed by atoms with Crippen LogP contribution in [-0.2, 0) is 6.42 Å². The molecule has 0 saturated heterocycles. The summed E-state index contributed by atoms with van der Waals surface area (Å²) in [6, 6.07) is 5.15. The minimum atomic E-state index is -0.247. The van der Waals surface area contributed by atoms with Crippen molar-refractivity contribution in [1.29, 1.82) is 0 Å². The van der Waals surface area contributed by atoms with E-state index < -0.39 is 0 Å². The quantitative estimate of drug-likeness (QED) is 0.858. The zero-order valence-electron chi connectivity index (χ0n) is 10.7. The standard InChI is InChI=1S/C13H16BrFN4/c1-2-5-16-12(13-8-17-19-18-13)7-9-3-4-11(15)10(14)6-9/h3-4,6,8,12,16H,2,5,7H2,1H3,(H,17,18,19). The van der Waals surface area contributed by atoms with Gasteiger partial charge < -0.3 is 5.32 Å². The smallest absolute Gasteiger partial charge is 0.137 e. The molecule has 0 aliphatic carbocycles. The summed E-state index contributed by atoms with van der Waals surface area (Å²) >= 11 is 3.21. The van der Waals surface area contributed by atoms with Gasteiger partial charge in [-0.2, -0.15) is 15.4 Å². The van der Waals surface area contributed by atoms with Crippen LogP contribution >= 0.6 is 15.9 Å². The van der Waals surface area contributed by atoms with Gasteiger partial charge in [0.25, 0.3) is 0 Å². The number of rotatable bonds is 6. The topological polar surface area (TPSA) is 53.6 Å². The first-order chi connectivity index (χ1) is 9.20. The third-order valence-electron chi connectivity index (χ3n) is 2.86. The Kier molecular flexibility index (Phi) is 5.04. The van der Waals surface area contributed by atoms with Gasteiger partial charge >= 0.3 is 0 Å². The lowest BCUT2D eigenvalue weighted by Gasteiger charge is -2.16. The molecule has 2 aromatic rings. The third kappa shape index (κ3) is 3.84. The van der Waals surface area contributed by atoms with Crippen LogP contribution in [0.15, 0.2) is 28.9 Å². The molecule has 1 aromatic heterocycles. The Morgan fingerprint density at radius 3 is 2.95 bits per heavy atom. The number of hydrogen-bond acceptors (Lipinski definition) is 3. The molecule has 0 saturated carbocycles. The molecule has 6 heteroatoms. The largest absolute Gasteiger partial charge is 0.308 e. The van der Waals surface area contributed by atoms with Crippen molar-refractivity contribution in [3.63, 3.8) is 0 Å². The molecule has 0 spiro atoms. The summed E-state index contributed by atoms with van der Waals surface area (Å²) in [5.41, 5.74) is 1.92. The van der Waals surface area contributed by atoms with Crippen molar-refractivity contribution in [2.75, 3.05) is 6.54 Å². The number of halogens is 2. The summed E-state index contributed by atoms with van der Waals surface area (Å²) in [5, 5.41) is 14.0. The van der Waals surface area contributed by atoms with E-state index in [-0.39, 0.29) is 11.9 Å². The van der Waals surface area contributed by atoms with E-state index in [2.05, 4.69) is 43.6 Å². The Morgan fingerprint density at radius 2 is 2.32 bits per heavy atom. The molecule has 19 heavy (non-hydrogen) atoms. The predicted molar refractivity (Wildman–Crippen MR) is 75.2 cm³/mol. The summed E-state index contributed by atoms with van der Waals surface area (Å²) in [5.74, 6) is -0.247.